The minimum absolute atomic E-state index is 0.439. The van der Waals surface area contributed by atoms with Crippen molar-refractivity contribution in [2.75, 3.05) is 5.73 Å². The predicted molar refractivity (Wildman–Crippen MR) is 44.5 cm³/mol. The standard InChI is InChI=1S/C8H12FN3/c1-12-7-3-2-5(9)4-6(7)8(10)11-12/h5H,2-4H2,1H3,(H2,10,11). The fourth-order valence-corrected chi connectivity index (χ4v) is 1.78. The molecule has 1 aromatic rings. The van der Waals surface area contributed by atoms with E-state index in [0.717, 1.165) is 17.7 Å². The number of aromatic nitrogens is 2. The molecule has 4 heteroatoms. The maximum atomic E-state index is 13.0. The minimum atomic E-state index is -0.732. The highest BCUT2D eigenvalue weighted by Crippen LogP contribution is 2.26. The minimum Gasteiger partial charge on any atom is -0.382 e. The van der Waals surface area contributed by atoms with E-state index in [9.17, 15) is 4.39 Å². The van der Waals surface area contributed by atoms with Crippen molar-refractivity contribution in [2.45, 2.75) is 25.4 Å². The van der Waals surface area contributed by atoms with Crippen LogP contribution in [-0.2, 0) is 19.9 Å². The molecule has 12 heavy (non-hydrogen) atoms. The number of hydrogen-bond acceptors (Lipinski definition) is 2. The zero-order valence-corrected chi connectivity index (χ0v) is 7.05. The Labute approximate surface area is 70.4 Å². The largest absolute Gasteiger partial charge is 0.382 e. The Kier molecular flexibility index (Phi) is 1.56. The summed E-state index contributed by atoms with van der Waals surface area (Å²) in [6.45, 7) is 0. The van der Waals surface area contributed by atoms with E-state index in [2.05, 4.69) is 5.10 Å². The molecule has 66 valence electrons. The van der Waals surface area contributed by atoms with E-state index in [4.69, 9.17) is 5.73 Å². The maximum absolute atomic E-state index is 13.0. The van der Waals surface area contributed by atoms with Gasteiger partial charge in [0.25, 0.3) is 0 Å². The first-order valence-electron chi connectivity index (χ1n) is 4.12. The molecule has 1 aliphatic rings. The van der Waals surface area contributed by atoms with Crippen LogP contribution in [-0.4, -0.2) is 16.0 Å². The van der Waals surface area contributed by atoms with Gasteiger partial charge in [-0.1, -0.05) is 0 Å². The molecule has 1 heterocycles. The first kappa shape index (κ1) is 7.58. The summed E-state index contributed by atoms with van der Waals surface area (Å²) in [4.78, 5) is 0. The number of nitrogens with zero attached hydrogens (tertiary/aromatic N) is 2. The molecule has 0 spiro atoms. The summed E-state index contributed by atoms with van der Waals surface area (Å²) in [5.41, 5.74) is 7.64. The van der Waals surface area contributed by atoms with Gasteiger partial charge in [0.2, 0.25) is 0 Å². The van der Waals surface area contributed by atoms with Crippen molar-refractivity contribution in [3.63, 3.8) is 0 Å². The van der Waals surface area contributed by atoms with Gasteiger partial charge in [0.15, 0.2) is 0 Å². The lowest BCUT2D eigenvalue weighted by Crippen LogP contribution is -2.16. The molecule has 0 amide bonds. The van der Waals surface area contributed by atoms with Crippen LogP contribution in [0.5, 0.6) is 0 Å². The number of aryl methyl sites for hydroxylation is 1. The topological polar surface area (TPSA) is 43.8 Å². The van der Waals surface area contributed by atoms with Gasteiger partial charge in [-0.15, -0.1) is 0 Å². The van der Waals surface area contributed by atoms with E-state index in [1.165, 1.54) is 0 Å². The summed E-state index contributed by atoms with van der Waals surface area (Å²) in [6, 6.07) is 0. The summed E-state index contributed by atoms with van der Waals surface area (Å²) < 4.78 is 14.7. The van der Waals surface area contributed by atoms with Crippen LogP contribution in [0.2, 0.25) is 0 Å². The van der Waals surface area contributed by atoms with Crippen molar-refractivity contribution in [3.8, 4) is 0 Å². The normalized spacial score (nSPS) is 22.3. The van der Waals surface area contributed by atoms with Gasteiger partial charge in [0.05, 0.1) is 0 Å². The maximum Gasteiger partial charge on any atom is 0.149 e. The van der Waals surface area contributed by atoms with Crippen LogP contribution >= 0.6 is 0 Å². The smallest absolute Gasteiger partial charge is 0.149 e. The fraction of sp³-hybridized carbons (Fsp3) is 0.625. The zero-order chi connectivity index (χ0) is 8.72. The Hall–Kier alpha value is -1.06. The van der Waals surface area contributed by atoms with Crippen LogP contribution in [0.25, 0.3) is 0 Å². The van der Waals surface area contributed by atoms with E-state index in [1.807, 2.05) is 7.05 Å². The highest BCUT2D eigenvalue weighted by molar-refractivity contribution is 5.44. The third kappa shape index (κ3) is 0.983. The Morgan fingerprint density at radius 2 is 2.42 bits per heavy atom. The summed E-state index contributed by atoms with van der Waals surface area (Å²) in [5, 5.41) is 4.05. The van der Waals surface area contributed by atoms with Gasteiger partial charge in [0.1, 0.15) is 12.0 Å². The Bertz CT molecular complexity index is 305. The van der Waals surface area contributed by atoms with Crippen molar-refractivity contribution in [1.29, 1.82) is 0 Å². The first-order valence-corrected chi connectivity index (χ1v) is 4.12. The molecule has 0 saturated carbocycles. The van der Waals surface area contributed by atoms with Gasteiger partial charge in [-0.3, -0.25) is 4.68 Å². The summed E-state index contributed by atoms with van der Waals surface area (Å²) in [5.74, 6) is 0.495. The third-order valence-electron chi connectivity index (χ3n) is 2.43. The molecular formula is C8H12FN3. The zero-order valence-electron chi connectivity index (χ0n) is 7.05. The second-order valence-corrected chi connectivity index (χ2v) is 3.27. The number of fused-ring (bicyclic) bond motifs is 1. The molecule has 2 rings (SSSR count). The van der Waals surface area contributed by atoms with Crippen LogP contribution in [0.15, 0.2) is 0 Å². The summed E-state index contributed by atoms with van der Waals surface area (Å²) in [7, 11) is 1.85. The van der Waals surface area contributed by atoms with Crippen LogP contribution in [0.4, 0.5) is 10.2 Å². The van der Waals surface area contributed by atoms with E-state index in [0.29, 0.717) is 18.7 Å². The number of alkyl halides is 1. The fourth-order valence-electron chi connectivity index (χ4n) is 1.78. The van der Waals surface area contributed by atoms with Gasteiger partial charge < -0.3 is 5.73 Å². The predicted octanol–water partition coefficient (Wildman–Crippen LogP) is 0.829. The Morgan fingerprint density at radius 3 is 3.17 bits per heavy atom. The van der Waals surface area contributed by atoms with Crippen molar-refractivity contribution < 1.29 is 4.39 Å². The summed E-state index contributed by atoms with van der Waals surface area (Å²) in [6.07, 6.45) is 1.07. The van der Waals surface area contributed by atoms with Crippen LogP contribution in [0.3, 0.4) is 0 Å². The number of nitrogen functional groups attached to an aromatic ring is 1. The number of hydrogen-bond donors (Lipinski definition) is 1. The summed E-state index contributed by atoms with van der Waals surface area (Å²) >= 11 is 0. The quantitative estimate of drug-likeness (QED) is 0.625. The van der Waals surface area contributed by atoms with Gasteiger partial charge in [-0.05, 0) is 12.8 Å². The average Bonchev–Trinajstić information content (AvgIpc) is 2.28. The first-order chi connectivity index (χ1) is 5.68. The number of halogens is 1. The average molecular weight is 169 g/mol. The molecule has 1 unspecified atom stereocenters. The van der Waals surface area contributed by atoms with E-state index in [-0.39, 0.29) is 0 Å². The van der Waals surface area contributed by atoms with E-state index in [1.54, 1.807) is 4.68 Å². The molecule has 1 aromatic heterocycles. The van der Waals surface area contributed by atoms with Crippen LogP contribution < -0.4 is 5.73 Å². The molecule has 0 aliphatic heterocycles. The van der Waals surface area contributed by atoms with Gasteiger partial charge in [0, 0.05) is 24.7 Å². The van der Waals surface area contributed by atoms with Crippen molar-refractivity contribution in [1.82, 2.24) is 9.78 Å². The SMILES string of the molecule is Cn1nc(N)c2c1CCC(F)C2. The van der Waals surface area contributed by atoms with Gasteiger partial charge in [-0.2, -0.15) is 5.10 Å². The molecule has 1 atom stereocenters. The lowest BCUT2D eigenvalue weighted by Gasteiger charge is -2.15. The number of rotatable bonds is 0. The molecule has 0 fully saturated rings. The van der Waals surface area contributed by atoms with E-state index < -0.39 is 6.17 Å². The highest BCUT2D eigenvalue weighted by atomic mass is 19.1. The molecule has 0 saturated heterocycles. The van der Waals surface area contributed by atoms with E-state index >= 15 is 0 Å². The second-order valence-electron chi connectivity index (χ2n) is 3.27. The van der Waals surface area contributed by atoms with Crippen molar-refractivity contribution in [2.24, 2.45) is 7.05 Å². The van der Waals surface area contributed by atoms with Crippen LogP contribution in [0.1, 0.15) is 17.7 Å². The van der Waals surface area contributed by atoms with Gasteiger partial charge >= 0.3 is 0 Å². The number of anilines is 1. The molecule has 1 aliphatic carbocycles. The number of nitrogens with two attached hydrogens (primary N) is 1. The Balaban J connectivity index is 2.45. The Morgan fingerprint density at radius 1 is 1.67 bits per heavy atom. The second kappa shape index (κ2) is 2.47. The highest BCUT2D eigenvalue weighted by Gasteiger charge is 2.23. The lowest BCUT2D eigenvalue weighted by molar-refractivity contribution is 0.299. The molecule has 0 bridgehead atoms. The molecule has 3 nitrogen and oxygen atoms in total. The molecule has 0 aromatic carbocycles. The van der Waals surface area contributed by atoms with Crippen molar-refractivity contribution in [3.05, 3.63) is 11.3 Å². The van der Waals surface area contributed by atoms with Crippen LogP contribution in [0, 0.1) is 0 Å². The van der Waals surface area contributed by atoms with Gasteiger partial charge in [-0.25, -0.2) is 4.39 Å². The third-order valence-corrected chi connectivity index (χ3v) is 2.43. The lowest BCUT2D eigenvalue weighted by atomic mass is 9.96. The van der Waals surface area contributed by atoms with Crippen molar-refractivity contribution >= 4 is 5.82 Å². The molecular weight excluding hydrogens is 157 g/mol. The molecule has 0 radical (unpaired) electrons. The molecule has 2 N–H and O–H groups in total. The monoisotopic (exact) mass is 169 g/mol.